The molecule has 0 radical (unpaired) electrons. The highest BCUT2D eigenvalue weighted by atomic mass is 16.5. The molecule has 3 rings (SSSR count). The monoisotopic (exact) mass is 386 g/mol. The van der Waals surface area contributed by atoms with Crippen molar-refractivity contribution in [2.24, 2.45) is 13.0 Å². The number of aldehydes is 1. The van der Waals surface area contributed by atoms with Crippen molar-refractivity contribution in [3.63, 3.8) is 0 Å². The minimum atomic E-state index is -0.141. The molecule has 1 fully saturated rings. The Bertz CT molecular complexity index is 862. The summed E-state index contributed by atoms with van der Waals surface area (Å²) in [6, 6.07) is 3.60. The largest absolute Gasteiger partial charge is 0.489 e. The van der Waals surface area contributed by atoms with Crippen LogP contribution in [-0.2, 0) is 16.6 Å². The van der Waals surface area contributed by atoms with Crippen molar-refractivity contribution in [2.75, 3.05) is 0 Å². The quantitative estimate of drug-likeness (QED) is 0.556. The van der Waals surface area contributed by atoms with E-state index in [-0.39, 0.29) is 24.1 Å². The van der Waals surface area contributed by atoms with Crippen LogP contribution < -0.4 is 4.74 Å². The van der Waals surface area contributed by atoms with E-state index in [1.807, 2.05) is 26.8 Å². The fourth-order valence-electron chi connectivity index (χ4n) is 3.46. The topological polar surface area (TPSA) is 96.2 Å². The molecule has 0 unspecified atom stereocenters. The Balaban J connectivity index is 1.71. The number of carbonyl (C=O) groups excluding carboxylic acids is 2. The Morgan fingerprint density at radius 1 is 1.32 bits per heavy atom. The minimum Gasteiger partial charge on any atom is -0.489 e. The maximum atomic E-state index is 12.2. The smallest absolute Gasteiger partial charge is 0.309 e. The van der Waals surface area contributed by atoms with Gasteiger partial charge in [0.05, 0.1) is 29.5 Å². The molecular weight excluding hydrogens is 360 g/mol. The zero-order valence-corrected chi connectivity index (χ0v) is 16.7. The lowest BCUT2D eigenvalue weighted by Crippen LogP contribution is -2.31. The Morgan fingerprint density at radius 2 is 2.11 bits per heavy atom. The molecule has 28 heavy (non-hydrogen) atoms. The highest BCUT2D eigenvalue weighted by Gasteiger charge is 2.30. The molecule has 2 atom stereocenters. The number of pyridine rings is 1. The van der Waals surface area contributed by atoms with Gasteiger partial charge in [0.15, 0.2) is 6.29 Å². The minimum absolute atomic E-state index is 0.0492. The zero-order valence-electron chi connectivity index (χ0n) is 16.7. The summed E-state index contributed by atoms with van der Waals surface area (Å²) in [5, 5.41) is 7.90. The molecule has 2 aromatic rings. The van der Waals surface area contributed by atoms with Crippen LogP contribution in [-0.4, -0.2) is 44.4 Å². The molecule has 1 aliphatic rings. The van der Waals surface area contributed by atoms with Crippen LogP contribution in [0.1, 0.15) is 55.7 Å². The SMILES string of the molecule is Cc1nc(-c2nnn(C)c2C=O)ccc1O[C@H]1CCC[C@H](C(=O)OC(C)C)C1. The molecule has 8 heteroatoms. The lowest BCUT2D eigenvalue weighted by molar-refractivity contribution is -0.154. The predicted octanol–water partition coefficient (Wildman–Crippen LogP) is 2.89. The van der Waals surface area contributed by atoms with Gasteiger partial charge in [-0.1, -0.05) is 5.21 Å². The summed E-state index contributed by atoms with van der Waals surface area (Å²) in [6.07, 6.45) is 3.86. The van der Waals surface area contributed by atoms with Gasteiger partial charge in [-0.05, 0) is 58.6 Å². The Kier molecular flexibility index (Phi) is 6.06. The van der Waals surface area contributed by atoms with Crippen LogP contribution in [0.25, 0.3) is 11.4 Å². The third-order valence-corrected chi connectivity index (χ3v) is 4.87. The van der Waals surface area contributed by atoms with Crippen molar-refractivity contribution in [3.8, 4) is 17.1 Å². The fourth-order valence-corrected chi connectivity index (χ4v) is 3.46. The van der Waals surface area contributed by atoms with Gasteiger partial charge in [0, 0.05) is 7.05 Å². The average Bonchev–Trinajstić information content (AvgIpc) is 3.03. The molecule has 150 valence electrons. The van der Waals surface area contributed by atoms with E-state index < -0.39 is 0 Å². The van der Waals surface area contributed by atoms with Crippen molar-refractivity contribution < 1.29 is 19.1 Å². The van der Waals surface area contributed by atoms with Crippen molar-refractivity contribution in [1.29, 1.82) is 0 Å². The van der Waals surface area contributed by atoms with E-state index >= 15 is 0 Å². The van der Waals surface area contributed by atoms with Crippen LogP contribution in [0, 0.1) is 12.8 Å². The van der Waals surface area contributed by atoms with Crippen molar-refractivity contribution in [2.45, 2.75) is 58.7 Å². The van der Waals surface area contributed by atoms with Gasteiger partial charge < -0.3 is 9.47 Å². The van der Waals surface area contributed by atoms with Gasteiger partial charge in [-0.25, -0.2) is 9.67 Å². The first-order valence-electron chi connectivity index (χ1n) is 9.59. The number of esters is 1. The molecule has 0 saturated heterocycles. The third-order valence-electron chi connectivity index (χ3n) is 4.87. The number of hydrogen-bond acceptors (Lipinski definition) is 7. The van der Waals surface area contributed by atoms with Crippen molar-refractivity contribution in [3.05, 3.63) is 23.5 Å². The number of hydrogen-bond donors (Lipinski definition) is 0. The van der Waals surface area contributed by atoms with Crippen molar-refractivity contribution >= 4 is 12.3 Å². The Hall–Kier alpha value is -2.77. The zero-order chi connectivity index (χ0) is 20.3. The number of nitrogens with zero attached hydrogens (tertiary/aromatic N) is 4. The summed E-state index contributed by atoms with van der Waals surface area (Å²) in [5.41, 5.74) is 2.09. The molecule has 1 aliphatic carbocycles. The van der Waals surface area contributed by atoms with Gasteiger partial charge in [-0.3, -0.25) is 9.59 Å². The lowest BCUT2D eigenvalue weighted by atomic mass is 9.87. The molecule has 0 N–H and O–H groups in total. The summed E-state index contributed by atoms with van der Waals surface area (Å²) in [6.45, 7) is 5.57. The van der Waals surface area contributed by atoms with E-state index in [9.17, 15) is 9.59 Å². The number of rotatable bonds is 6. The van der Waals surface area contributed by atoms with Crippen LogP contribution in [0.2, 0.25) is 0 Å². The first-order chi connectivity index (χ1) is 13.4. The maximum Gasteiger partial charge on any atom is 0.309 e. The average molecular weight is 386 g/mol. The predicted molar refractivity (Wildman–Crippen MR) is 102 cm³/mol. The number of ether oxygens (including phenoxy) is 2. The van der Waals surface area contributed by atoms with Gasteiger partial charge in [0.1, 0.15) is 17.1 Å². The molecule has 0 aromatic carbocycles. The molecule has 0 aliphatic heterocycles. The number of carbonyl (C=O) groups is 2. The third kappa shape index (κ3) is 4.37. The molecule has 0 amide bonds. The highest BCUT2D eigenvalue weighted by Crippen LogP contribution is 2.31. The lowest BCUT2D eigenvalue weighted by Gasteiger charge is -2.29. The Labute approximate surface area is 164 Å². The Morgan fingerprint density at radius 3 is 2.79 bits per heavy atom. The van der Waals surface area contributed by atoms with Gasteiger partial charge in [0.2, 0.25) is 0 Å². The van der Waals surface area contributed by atoms with E-state index in [0.717, 1.165) is 25.5 Å². The van der Waals surface area contributed by atoms with E-state index in [1.54, 1.807) is 13.1 Å². The van der Waals surface area contributed by atoms with Gasteiger partial charge in [0.25, 0.3) is 0 Å². The second-order valence-corrected chi connectivity index (χ2v) is 7.43. The van der Waals surface area contributed by atoms with Crippen LogP contribution in [0.3, 0.4) is 0 Å². The fraction of sp³-hybridized carbons (Fsp3) is 0.550. The van der Waals surface area contributed by atoms with Crippen LogP contribution in [0.15, 0.2) is 12.1 Å². The first kappa shape index (κ1) is 20.0. The van der Waals surface area contributed by atoms with Gasteiger partial charge in [-0.2, -0.15) is 0 Å². The summed E-state index contributed by atoms with van der Waals surface area (Å²) >= 11 is 0. The van der Waals surface area contributed by atoms with E-state index in [0.29, 0.717) is 34.9 Å². The van der Waals surface area contributed by atoms with Crippen molar-refractivity contribution in [1.82, 2.24) is 20.0 Å². The second kappa shape index (κ2) is 8.50. The van der Waals surface area contributed by atoms with Gasteiger partial charge in [-0.15, -0.1) is 5.10 Å². The summed E-state index contributed by atoms with van der Waals surface area (Å²) in [4.78, 5) is 28.0. The van der Waals surface area contributed by atoms with E-state index in [2.05, 4.69) is 15.3 Å². The van der Waals surface area contributed by atoms with Gasteiger partial charge >= 0.3 is 5.97 Å². The molecule has 2 aromatic heterocycles. The van der Waals surface area contributed by atoms with Crippen LogP contribution >= 0.6 is 0 Å². The molecular formula is C20H26N4O4. The molecule has 0 spiro atoms. The molecule has 8 nitrogen and oxygen atoms in total. The summed E-state index contributed by atoms with van der Waals surface area (Å²) in [5.74, 6) is 0.407. The molecule has 1 saturated carbocycles. The standard InChI is InChI=1S/C20H26N4O4/c1-12(2)27-20(26)14-6-5-7-15(10-14)28-18-9-8-16(21-13(18)3)19-17(11-25)24(4)23-22-19/h8-9,11-12,14-15H,5-7,10H2,1-4H3/t14-,15-/m0/s1. The van der Waals surface area contributed by atoms with Crippen LogP contribution in [0.4, 0.5) is 0 Å². The first-order valence-corrected chi connectivity index (χ1v) is 9.59. The number of aryl methyl sites for hydroxylation is 2. The maximum absolute atomic E-state index is 12.2. The normalized spacial score (nSPS) is 19.5. The summed E-state index contributed by atoms with van der Waals surface area (Å²) in [7, 11) is 1.66. The van der Waals surface area contributed by atoms with Crippen LogP contribution in [0.5, 0.6) is 5.75 Å². The molecule has 2 heterocycles. The molecule has 0 bridgehead atoms. The van der Waals surface area contributed by atoms with E-state index in [4.69, 9.17) is 9.47 Å². The highest BCUT2D eigenvalue weighted by molar-refractivity contribution is 5.82. The van der Waals surface area contributed by atoms with E-state index in [1.165, 1.54) is 4.68 Å². The second-order valence-electron chi connectivity index (χ2n) is 7.43. The number of aromatic nitrogens is 4. The summed E-state index contributed by atoms with van der Waals surface area (Å²) < 4.78 is 12.9.